The fourth-order valence-corrected chi connectivity index (χ4v) is 2.93. The second kappa shape index (κ2) is 7.48. The van der Waals surface area contributed by atoms with Crippen molar-refractivity contribution in [3.05, 3.63) is 28.2 Å². The number of carbonyl (C=O) groups excluding carboxylic acids is 2. The van der Waals surface area contributed by atoms with Gasteiger partial charge in [-0.3, -0.25) is 9.59 Å². The van der Waals surface area contributed by atoms with E-state index in [4.69, 9.17) is 28.5 Å². The summed E-state index contributed by atoms with van der Waals surface area (Å²) in [6.07, 6.45) is 2.06. The molecule has 0 saturated carbocycles. The zero-order valence-corrected chi connectivity index (χ0v) is 13.3. The highest BCUT2D eigenvalue weighted by atomic mass is 35.5. The molecular weight excluding hydrogens is 325 g/mol. The fourth-order valence-electron chi connectivity index (χ4n) is 2.48. The molecule has 1 N–H and O–H groups in total. The number of nitriles is 1. The monoisotopic (exact) mass is 339 g/mol. The largest absolute Gasteiger partial charge is 0.330 e. The van der Waals surface area contributed by atoms with Gasteiger partial charge in [0.1, 0.15) is 12.5 Å². The number of nitrogens with zero attached hydrogens (tertiary/aromatic N) is 2. The summed E-state index contributed by atoms with van der Waals surface area (Å²) in [5.41, 5.74) is 0.453. The van der Waals surface area contributed by atoms with Gasteiger partial charge in [0.2, 0.25) is 11.8 Å². The van der Waals surface area contributed by atoms with E-state index in [1.807, 2.05) is 6.07 Å². The van der Waals surface area contributed by atoms with E-state index >= 15 is 0 Å². The smallest absolute Gasteiger partial charge is 0.247 e. The van der Waals surface area contributed by atoms with Gasteiger partial charge in [0.15, 0.2) is 0 Å². The maximum Gasteiger partial charge on any atom is 0.247 e. The number of hydrogen-bond donors (Lipinski definition) is 1. The van der Waals surface area contributed by atoms with Crippen LogP contribution in [-0.2, 0) is 9.59 Å². The van der Waals surface area contributed by atoms with E-state index in [1.165, 1.54) is 11.0 Å². The SMILES string of the molecule is N#CCC(=O)N1CCCC[C@@H]1C(=O)Nc1ccc(Cl)cc1Cl. The molecule has 1 aliphatic rings. The zero-order chi connectivity index (χ0) is 16.1. The maximum absolute atomic E-state index is 12.4. The van der Waals surface area contributed by atoms with Crippen LogP contribution in [0, 0.1) is 11.3 Å². The number of piperidine rings is 1. The Morgan fingerprint density at radius 3 is 2.82 bits per heavy atom. The number of anilines is 1. The molecular formula is C15H15Cl2N3O2. The molecule has 116 valence electrons. The molecule has 2 amide bonds. The molecule has 0 unspecified atom stereocenters. The third kappa shape index (κ3) is 3.90. The molecule has 1 aliphatic heterocycles. The van der Waals surface area contributed by atoms with Crippen LogP contribution in [0.1, 0.15) is 25.7 Å². The summed E-state index contributed by atoms with van der Waals surface area (Å²) in [7, 11) is 0. The Bertz CT molecular complexity index is 628. The number of amides is 2. The van der Waals surface area contributed by atoms with Crippen molar-refractivity contribution in [2.75, 3.05) is 11.9 Å². The van der Waals surface area contributed by atoms with Gasteiger partial charge in [-0.2, -0.15) is 5.26 Å². The van der Waals surface area contributed by atoms with Gasteiger partial charge in [-0.25, -0.2) is 0 Å². The number of halogens is 2. The van der Waals surface area contributed by atoms with Crippen LogP contribution in [0.3, 0.4) is 0 Å². The molecule has 1 heterocycles. The van der Waals surface area contributed by atoms with Gasteiger partial charge in [0.05, 0.1) is 16.8 Å². The zero-order valence-electron chi connectivity index (χ0n) is 11.8. The first-order chi connectivity index (χ1) is 10.5. The molecule has 0 radical (unpaired) electrons. The van der Waals surface area contributed by atoms with Crippen LogP contribution in [0.5, 0.6) is 0 Å². The highest BCUT2D eigenvalue weighted by Crippen LogP contribution is 2.27. The molecule has 0 aliphatic carbocycles. The van der Waals surface area contributed by atoms with Crippen molar-refractivity contribution in [1.29, 1.82) is 5.26 Å². The number of hydrogen-bond acceptors (Lipinski definition) is 3. The van der Waals surface area contributed by atoms with Crippen LogP contribution >= 0.6 is 23.2 Å². The third-order valence-corrected chi connectivity index (χ3v) is 4.09. The molecule has 5 nitrogen and oxygen atoms in total. The third-order valence-electron chi connectivity index (χ3n) is 3.55. The second-order valence-electron chi connectivity index (χ2n) is 5.05. The first-order valence-corrected chi connectivity index (χ1v) is 7.71. The van der Waals surface area contributed by atoms with Crippen molar-refractivity contribution >= 4 is 40.7 Å². The summed E-state index contributed by atoms with van der Waals surface area (Å²) < 4.78 is 0. The van der Waals surface area contributed by atoms with Crippen LogP contribution < -0.4 is 5.32 Å². The van der Waals surface area contributed by atoms with Gasteiger partial charge in [-0.15, -0.1) is 0 Å². The molecule has 0 bridgehead atoms. The standard InChI is InChI=1S/C15H15Cl2N3O2/c16-10-4-5-12(11(17)9-10)19-15(22)13-3-1-2-8-20(13)14(21)6-7-18/h4-5,9,13H,1-3,6,8H2,(H,19,22)/t13-/m1/s1. The van der Waals surface area contributed by atoms with Crippen molar-refractivity contribution in [2.24, 2.45) is 0 Å². The summed E-state index contributed by atoms with van der Waals surface area (Å²) in [6.45, 7) is 0.493. The van der Waals surface area contributed by atoms with Gasteiger partial charge in [0, 0.05) is 11.6 Å². The average Bonchev–Trinajstić information content (AvgIpc) is 2.50. The Balaban J connectivity index is 2.12. The minimum Gasteiger partial charge on any atom is -0.330 e. The van der Waals surface area contributed by atoms with Crippen molar-refractivity contribution < 1.29 is 9.59 Å². The predicted octanol–water partition coefficient (Wildman–Crippen LogP) is 3.23. The van der Waals surface area contributed by atoms with E-state index < -0.39 is 6.04 Å². The van der Waals surface area contributed by atoms with Gasteiger partial charge in [-0.1, -0.05) is 23.2 Å². The number of nitrogens with one attached hydrogen (secondary N) is 1. The molecule has 0 aromatic heterocycles. The lowest BCUT2D eigenvalue weighted by atomic mass is 10.0. The first-order valence-electron chi connectivity index (χ1n) is 6.95. The Morgan fingerprint density at radius 2 is 2.14 bits per heavy atom. The van der Waals surface area contributed by atoms with Crippen LogP contribution in [-0.4, -0.2) is 29.3 Å². The van der Waals surface area contributed by atoms with E-state index in [-0.39, 0.29) is 18.2 Å². The molecule has 1 aromatic carbocycles. The summed E-state index contributed by atoms with van der Waals surface area (Å²) in [4.78, 5) is 25.9. The van der Waals surface area contributed by atoms with Gasteiger partial charge >= 0.3 is 0 Å². The van der Waals surface area contributed by atoms with Crippen LogP contribution in [0.25, 0.3) is 0 Å². The lowest BCUT2D eigenvalue weighted by Gasteiger charge is -2.34. The molecule has 0 spiro atoms. The van der Waals surface area contributed by atoms with Crippen molar-refractivity contribution in [2.45, 2.75) is 31.7 Å². The number of rotatable bonds is 3. The van der Waals surface area contributed by atoms with Crippen LogP contribution in [0.2, 0.25) is 10.0 Å². The minimum absolute atomic E-state index is 0.217. The maximum atomic E-state index is 12.4. The summed E-state index contributed by atoms with van der Waals surface area (Å²) >= 11 is 11.9. The van der Waals surface area contributed by atoms with E-state index in [0.717, 1.165) is 12.8 Å². The lowest BCUT2D eigenvalue weighted by molar-refractivity contribution is -0.139. The Morgan fingerprint density at radius 1 is 1.36 bits per heavy atom. The number of carbonyl (C=O) groups is 2. The molecule has 1 saturated heterocycles. The van der Waals surface area contributed by atoms with E-state index in [1.54, 1.807) is 12.1 Å². The topological polar surface area (TPSA) is 73.2 Å². The highest BCUT2D eigenvalue weighted by molar-refractivity contribution is 6.36. The molecule has 1 fully saturated rings. The molecule has 22 heavy (non-hydrogen) atoms. The number of likely N-dealkylation sites (tertiary alicyclic amines) is 1. The molecule has 7 heteroatoms. The summed E-state index contributed by atoms with van der Waals surface area (Å²) in [5, 5.41) is 12.2. The summed E-state index contributed by atoms with van der Waals surface area (Å²) in [6, 6.07) is 6.05. The van der Waals surface area contributed by atoms with E-state index in [0.29, 0.717) is 28.7 Å². The Kier molecular flexibility index (Phi) is 5.64. The quantitative estimate of drug-likeness (QED) is 0.918. The van der Waals surface area contributed by atoms with Crippen LogP contribution in [0.4, 0.5) is 5.69 Å². The average molecular weight is 340 g/mol. The van der Waals surface area contributed by atoms with Crippen molar-refractivity contribution in [3.63, 3.8) is 0 Å². The lowest BCUT2D eigenvalue weighted by Crippen LogP contribution is -2.49. The normalized spacial score (nSPS) is 17.7. The molecule has 1 aromatic rings. The Hall–Kier alpha value is -1.77. The highest BCUT2D eigenvalue weighted by Gasteiger charge is 2.32. The van der Waals surface area contributed by atoms with Gasteiger partial charge in [-0.05, 0) is 37.5 Å². The van der Waals surface area contributed by atoms with Crippen molar-refractivity contribution in [1.82, 2.24) is 4.90 Å². The second-order valence-corrected chi connectivity index (χ2v) is 5.89. The Labute approximate surface area is 138 Å². The number of benzene rings is 1. The predicted molar refractivity (Wildman–Crippen MR) is 84.7 cm³/mol. The molecule has 1 atom stereocenters. The van der Waals surface area contributed by atoms with E-state index in [9.17, 15) is 9.59 Å². The van der Waals surface area contributed by atoms with Gasteiger partial charge in [0.25, 0.3) is 0 Å². The fraction of sp³-hybridized carbons (Fsp3) is 0.400. The first kappa shape index (κ1) is 16.6. The van der Waals surface area contributed by atoms with E-state index in [2.05, 4.69) is 5.32 Å². The minimum atomic E-state index is -0.568. The van der Waals surface area contributed by atoms with Crippen LogP contribution in [0.15, 0.2) is 18.2 Å². The van der Waals surface area contributed by atoms with Crippen molar-refractivity contribution in [3.8, 4) is 6.07 Å². The molecule has 2 rings (SSSR count). The van der Waals surface area contributed by atoms with Gasteiger partial charge < -0.3 is 10.2 Å². The summed E-state index contributed by atoms with van der Waals surface area (Å²) in [5.74, 6) is -0.611.